The van der Waals surface area contributed by atoms with Crippen LogP contribution in [-0.2, 0) is 26.1 Å². The molecule has 3 rings (SSSR count). The van der Waals surface area contributed by atoms with Crippen LogP contribution in [0.15, 0.2) is 36.7 Å². The number of imidazole rings is 1. The number of nitrogens with zero attached hydrogens (tertiary/aromatic N) is 3. The third-order valence-electron chi connectivity index (χ3n) is 5.32. The van der Waals surface area contributed by atoms with Crippen LogP contribution in [0, 0.1) is 5.92 Å². The molecule has 2 aromatic rings. The predicted molar refractivity (Wildman–Crippen MR) is 95.8 cm³/mol. The molecule has 3 nitrogen and oxygen atoms in total. The van der Waals surface area contributed by atoms with E-state index in [0.29, 0.717) is 17.9 Å². The van der Waals surface area contributed by atoms with Gasteiger partial charge in [-0.1, -0.05) is 18.2 Å². The van der Waals surface area contributed by atoms with Crippen molar-refractivity contribution in [2.75, 3.05) is 19.6 Å². The highest BCUT2D eigenvalue weighted by molar-refractivity contribution is 5.29. The van der Waals surface area contributed by atoms with Crippen molar-refractivity contribution in [2.24, 2.45) is 13.0 Å². The molecule has 0 saturated carbocycles. The summed E-state index contributed by atoms with van der Waals surface area (Å²) in [4.78, 5) is 6.79. The van der Waals surface area contributed by atoms with Gasteiger partial charge in [0.2, 0.25) is 0 Å². The molecule has 0 N–H and O–H groups in total. The second-order valence-corrected chi connectivity index (χ2v) is 7.21. The molecule has 142 valence electrons. The van der Waals surface area contributed by atoms with Crippen molar-refractivity contribution in [3.63, 3.8) is 0 Å². The molecule has 26 heavy (non-hydrogen) atoms. The smallest absolute Gasteiger partial charge is 0.338 e. The van der Waals surface area contributed by atoms with E-state index in [2.05, 4.69) is 9.88 Å². The second kappa shape index (κ2) is 8.25. The SMILES string of the molecule is Cn1ccnc1CCN1CCCC(CCc2ccccc2C(F)(F)F)C1. The van der Waals surface area contributed by atoms with Gasteiger partial charge in [-0.25, -0.2) is 4.98 Å². The number of likely N-dealkylation sites (tertiary alicyclic amines) is 1. The van der Waals surface area contributed by atoms with E-state index >= 15 is 0 Å². The Morgan fingerprint density at radius 2 is 2.00 bits per heavy atom. The molecule has 0 spiro atoms. The molecule has 1 saturated heterocycles. The summed E-state index contributed by atoms with van der Waals surface area (Å²) in [5.74, 6) is 1.54. The zero-order valence-corrected chi connectivity index (χ0v) is 15.2. The van der Waals surface area contributed by atoms with E-state index in [1.807, 2.05) is 24.0 Å². The Bertz CT molecular complexity index is 708. The molecule has 1 aliphatic heterocycles. The summed E-state index contributed by atoms with van der Waals surface area (Å²) >= 11 is 0. The summed E-state index contributed by atoms with van der Waals surface area (Å²) in [7, 11) is 2.00. The molecular weight excluding hydrogens is 339 g/mol. The Labute approximate surface area is 152 Å². The summed E-state index contributed by atoms with van der Waals surface area (Å²) in [5, 5.41) is 0. The lowest BCUT2D eigenvalue weighted by molar-refractivity contribution is -0.138. The standard InChI is InChI=1S/C20H26F3N3/c1-25-14-11-24-19(25)10-13-26-12-4-5-16(15-26)8-9-17-6-2-3-7-18(17)20(21,22)23/h2-3,6-7,11,14,16H,4-5,8-10,12-13,15H2,1H3. The van der Waals surface area contributed by atoms with Crippen LogP contribution < -0.4 is 0 Å². The maximum Gasteiger partial charge on any atom is 0.416 e. The van der Waals surface area contributed by atoms with Crippen molar-refractivity contribution in [3.05, 3.63) is 53.6 Å². The minimum Gasteiger partial charge on any atom is -0.338 e. The normalized spacial score (nSPS) is 19.0. The van der Waals surface area contributed by atoms with E-state index in [-0.39, 0.29) is 0 Å². The first-order valence-corrected chi connectivity index (χ1v) is 9.27. The van der Waals surface area contributed by atoms with Gasteiger partial charge in [-0.2, -0.15) is 13.2 Å². The lowest BCUT2D eigenvalue weighted by Crippen LogP contribution is -2.37. The van der Waals surface area contributed by atoms with Gasteiger partial charge in [0.25, 0.3) is 0 Å². The Balaban J connectivity index is 1.52. The molecule has 1 aromatic carbocycles. The number of benzene rings is 1. The number of rotatable bonds is 6. The van der Waals surface area contributed by atoms with Gasteiger partial charge in [-0.3, -0.25) is 0 Å². The number of hydrogen-bond acceptors (Lipinski definition) is 2. The van der Waals surface area contributed by atoms with Gasteiger partial charge in [0.15, 0.2) is 0 Å². The quantitative estimate of drug-likeness (QED) is 0.760. The van der Waals surface area contributed by atoms with Crippen LogP contribution in [0.3, 0.4) is 0 Å². The lowest BCUT2D eigenvalue weighted by Gasteiger charge is -2.32. The van der Waals surface area contributed by atoms with Crippen molar-refractivity contribution in [1.29, 1.82) is 0 Å². The largest absolute Gasteiger partial charge is 0.416 e. The maximum absolute atomic E-state index is 13.1. The average molecular weight is 365 g/mol. The third kappa shape index (κ3) is 4.87. The summed E-state index contributed by atoms with van der Waals surface area (Å²) in [6, 6.07) is 5.97. The van der Waals surface area contributed by atoms with Crippen LogP contribution in [0.1, 0.15) is 36.2 Å². The van der Waals surface area contributed by atoms with Gasteiger partial charge in [0.1, 0.15) is 5.82 Å². The monoisotopic (exact) mass is 365 g/mol. The summed E-state index contributed by atoms with van der Waals surface area (Å²) < 4.78 is 41.4. The fourth-order valence-electron chi connectivity index (χ4n) is 3.86. The second-order valence-electron chi connectivity index (χ2n) is 7.21. The minimum absolute atomic E-state index is 0.421. The molecule has 0 aliphatic carbocycles. The fraction of sp³-hybridized carbons (Fsp3) is 0.550. The molecular formula is C20H26F3N3. The van der Waals surface area contributed by atoms with Crippen molar-refractivity contribution in [1.82, 2.24) is 14.5 Å². The zero-order chi connectivity index (χ0) is 18.6. The first-order chi connectivity index (χ1) is 12.4. The molecule has 6 heteroatoms. The maximum atomic E-state index is 13.1. The fourth-order valence-corrected chi connectivity index (χ4v) is 3.86. The van der Waals surface area contributed by atoms with Crippen LogP contribution in [0.2, 0.25) is 0 Å². The van der Waals surface area contributed by atoms with Crippen molar-refractivity contribution in [3.8, 4) is 0 Å². The third-order valence-corrected chi connectivity index (χ3v) is 5.32. The van der Waals surface area contributed by atoms with E-state index in [9.17, 15) is 13.2 Å². The molecule has 1 unspecified atom stereocenters. The van der Waals surface area contributed by atoms with Crippen LogP contribution in [0.25, 0.3) is 0 Å². The first-order valence-electron chi connectivity index (χ1n) is 9.27. The van der Waals surface area contributed by atoms with Crippen molar-refractivity contribution in [2.45, 2.75) is 38.3 Å². The highest BCUT2D eigenvalue weighted by atomic mass is 19.4. The highest BCUT2D eigenvalue weighted by Crippen LogP contribution is 2.33. The van der Waals surface area contributed by atoms with E-state index in [1.54, 1.807) is 12.1 Å². The summed E-state index contributed by atoms with van der Waals surface area (Å²) in [5.41, 5.74) is -0.0624. The number of aryl methyl sites for hydroxylation is 2. The van der Waals surface area contributed by atoms with Gasteiger partial charge in [0.05, 0.1) is 5.56 Å². The number of piperidine rings is 1. The summed E-state index contributed by atoms with van der Waals surface area (Å²) in [6.07, 6.45) is 3.93. The zero-order valence-electron chi connectivity index (χ0n) is 15.2. The van der Waals surface area contributed by atoms with Crippen molar-refractivity contribution < 1.29 is 13.2 Å². The number of hydrogen-bond donors (Lipinski definition) is 0. The van der Waals surface area contributed by atoms with Gasteiger partial charge in [-0.05, 0) is 49.8 Å². The Morgan fingerprint density at radius 1 is 1.19 bits per heavy atom. The topological polar surface area (TPSA) is 21.1 Å². The first kappa shape index (κ1) is 19.0. The van der Waals surface area contributed by atoms with E-state index in [4.69, 9.17) is 0 Å². The van der Waals surface area contributed by atoms with Gasteiger partial charge in [0, 0.05) is 39.0 Å². The van der Waals surface area contributed by atoms with Crippen LogP contribution >= 0.6 is 0 Å². The molecule has 0 bridgehead atoms. The van der Waals surface area contributed by atoms with Crippen LogP contribution in [0.5, 0.6) is 0 Å². The van der Waals surface area contributed by atoms with E-state index in [0.717, 1.165) is 51.1 Å². The molecule has 0 radical (unpaired) electrons. The molecule has 1 atom stereocenters. The number of halogens is 3. The van der Waals surface area contributed by atoms with Crippen LogP contribution in [0.4, 0.5) is 13.2 Å². The van der Waals surface area contributed by atoms with E-state index < -0.39 is 11.7 Å². The number of aromatic nitrogens is 2. The van der Waals surface area contributed by atoms with Crippen LogP contribution in [-0.4, -0.2) is 34.1 Å². The molecule has 1 aromatic heterocycles. The molecule has 1 aliphatic rings. The molecule has 1 fully saturated rings. The Kier molecular flexibility index (Phi) is 6.01. The predicted octanol–water partition coefficient (Wildman–Crippen LogP) is 4.33. The Morgan fingerprint density at radius 3 is 2.73 bits per heavy atom. The van der Waals surface area contributed by atoms with Crippen molar-refractivity contribution >= 4 is 0 Å². The lowest BCUT2D eigenvalue weighted by atomic mass is 9.90. The summed E-state index contributed by atoms with van der Waals surface area (Å²) in [6.45, 7) is 3.00. The number of alkyl halides is 3. The van der Waals surface area contributed by atoms with Gasteiger partial charge < -0.3 is 9.47 Å². The average Bonchev–Trinajstić information content (AvgIpc) is 3.03. The molecule has 0 amide bonds. The molecule has 2 heterocycles. The van der Waals surface area contributed by atoms with Gasteiger partial charge in [-0.15, -0.1) is 0 Å². The van der Waals surface area contributed by atoms with Gasteiger partial charge >= 0.3 is 6.18 Å². The highest BCUT2D eigenvalue weighted by Gasteiger charge is 2.33. The minimum atomic E-state index is -4.27. The van der Waals surface area contributed by atoms with E-state index in [1.165, 1.54) is 12.1 Å². The Hall–Kier alpha value is -1.82.